The second kappa shape index (κ2) is 5.41. The summed E-state index contributed by atoms with van der Waals surface area (Å²) in [7, 11) is -4.26. The van der Waals surface area contributed by atoms with Gasteiger partial charge in [-0.05, 0) is 30.7 Å². The van der Waals surface area contributed by atoms with Crippen LogP contribution in [0.5, 0.6) is 0 Å². The van der Waals surface area contributed by atoms with E-state index in [0.717, 1.165) is 18.2 Å². The summed E-state index contributed by atoms with van der Waals surface area (Å²) in [6.07, 6.45) is 0. The van der Waals surface area contributed by atoms with Crippen molar-refractivity contribution >= 4 is 33.0 Å². The maximum absolute atomic E-state index is 13.8. The van der Waals surface area contributed by atoms with Crippen LogP contribution in [0.1, 0.15) is 15.2 Å². The highest BCUT2D eigenvalue weighted by Crippen LogP contribution is 2.27. The Hall–Kier alpha value is -2.00. The van der Waals surface area contributed by atoms with Crippen molar-refractivity contribution in [1.29, 1.82) is 0 Å². The lowest BCUT2D eigenvalue weighted by molar-refractivity contribution is 0.0702. The lowest BCUT2D eigenvalue weighted by Crippen LogP contribution is -2.14. The minimum atomic E-state index is -4.26. The van der Waals surface area contributed by atoms with E-state index >= 15 is 0 Å². The molecule has 2 aromatic rings. The van der Waals surface area contributed by atoms with Crippen LogP contribution in [0.25, 0.3) is 0 Å². The van der Waals surface area contributed by atoms with Crippen molar-refractivity contribution in [2.75, 3.05) is 4.72 Å². The SMILES string of the molecule is Cc1ccc(F)c(NS(=O)(=O)c2ccc(C(=O)O)s2)c1F. The number of carboxylic acid groups (broad SMARTS) is 1. The predicted molar refractivity (Wildman–Crippen MR) is 73.2 cm³/mol. The largest absolute Gasteiger partial charge is 0.477 e. The molecular weight excluding hydrogens is 324 g/mol. The van der Waals surface area contributed by atoms with Crippen molar-refractivity contribution in [3.63, 3.8) is 0 Å². The minimum Gasteiger partial charge on any atom is -0.477 e. The third-order valence-electron chi connectivity index (χ3n) is 2.58. The van der Waals surface area contributed by atoms with Gasteiger partial charge in [-0.15, -0.1) is 11.3 Å². The predicted octanol–water partition coefficient (Wildman–Crippen LogP) is 2.83. The van der Waals surface area contributed by atoms with Crippen LogP contribution >= 0.6 is 11.3 Å². The second-order valence-corrected chi connectivity index (χ2v) is 7.08. The molecule has 0 atom stereocenters. The summed E-state index contributed by atoms with van der Waals surface area (Å²) in [5.41, 5.74) is -0.716. The monoisotopic (exact) mass is 333 g/mol. The number of benzene rings is 1. The molecule has 1 heterocycles. The van der Waals surface area contributed by atoms with E-state index in [1.807, 2.05) is 0 Å². The molecule has 2 rings (SSSR count). The molecule has 0 aliphatic rings. The van der Waals surface area contributed by atoms with E-state index in [4.69, 9.17) is 5.11 Å². The Bertz CT molecular complexity index is 815. The van der Waals surface area contributed by atoms with Crippen molar-refractivity contribution in [3.05, 3.63) is 46.3 Å². The van der Waals surface area contributed by atoms with Crippen LogP contribution in [0.2, 0.25) is 0 Å². The molecule has 0 radical (unpaired) electrons. The third kappa shape index (κ3) is 3.03. The van der Waals surface area contributed by atoms with Gasteiger partial charge < -0.3 is 5.11 Å². The first-order valence-electron chi connectivity index (χ1n) is 5.53. The van der Waals surface area contributed by atoms with Crippen LogP contribution in [0.15, 0.2) is 28.5 Å². The highest BCUT2D eigenvalue weighted by Gasteiger charge is 2.23. The zero-order chi connectivity index (χ0) is 15.8. The second-order valence-electron chi connectivity index (χ2n) is 4.08. The summed E-state index contributed by atoms with van der Waals surface area (Å²) >= 11 is 0.488. The van der Waals surface area contributed by atoms with Crippen LogP contribution in [0.3, 0.4) is 0 Å². The molecule has 0 aliphatic heterocycles. The number of carbonyl (C=O) groups is 1. The van der Waals surface area contributed by atoms with Crippen LogP contribution in [0, 0.1) is 18.6 Å². The summed E-state index contributed by atoms with van der Waals surface area (Å²) in [6.45, 7) is 1.36. The normalized spacial score (nSPS) is 11.4. The number of aromatic carboxylic acids is 1. The summed E-state index contributed by atoms with van der Waals surface area (Å²) in [4.78, 5) is 10.5. The standard InChI is InChI=1S/C12H9F2NO4S2/c1-6-2-3-7(13)11(10(6)14)15-21(18,19)9-5-4-8(20-9)12(16)17/h2-5,15H,1H3,(H,16,17). The fourth-order valence-corrected chi connectivity index (χ4v) is 3.73. The Morgan fingerprint density at radius 1 is 1.24 bits per heavy atom. The molecule has 0 spiro atoms. The maximum atomic E-state index is 13.8. The van der Waals surface area contributed by atoms with Gasteiger partial charge in [-0.2, -0.15) is 0 Å². The Balaban J connectivity index is 2.42. The molecule has 2 N–H and O–H groups in total. The lowest BCUT2D eigenvalue weighted by atomic mass is 10.2. The van der Waals surface area contributed by atoms with E-state index in [0.29, 0.717) is 11.3 Å². The zero-order valence-corrected chi connectivity index (χ0v) is 12.2. The molecule has 1 aromatic heterocycles. The quantitative estimate of drug-likeness (QED) is 0.901. The molecule has 0 saturated heterocycles. The Morgan fingerprint density at radius 2 is 1.90 bits per heavy atom. The molecule has 0 fully saturated rings. The Morgan fingerprint density at radius 3 is 2.48 bits per heavy atom. The molecule has 0 unspecified atom stereocenters. The topological polar surface area (TPSA) is 83.5 Å². The number of hydrogen-bond donors (Lipinski definition) is 2. The fraction of sp³-hybridized carbons (Fsp3) is 0.0833. The molecule has 0 aliphatic carbocycles. The van der Waals surface area contributed by atoms with Crippen molar-refractivity contribution < 1.29 is 27.1 Å². The first-order valence-corrected chi connectivity index (χ1v) is 7.83. The van der Waals surface area contributed by atoms with Crippen molar-refractivity contribution in [2.24, 2.45) is 0 Å². The van der Waals surface area contributed by atoms with Crippen LogP contribution < -0.4 is 4.72 Å². The summed E-state index contributed by atoms with van der Waals surface area (Å²) in [5, 5.41) is 8.75. The number of nitrogens with one attached hydrogen (secondary N) is 1. The van der Waals surface area contributed by atoms with Gasteiger partial charge in [-0.25, -0.2) is 22.0 Å². The van der Waals surface area contributed by atoms with E-state index in [2.05, 4.69) is 0 Å². The lowest BCUT2D eigenvalue weighted by Gasteiger charge is -2.09. The Labute approximate surface area is 122 Å². The summed E-state index contributed by atoms with van der Waals surface area (Å²) in [5.74, 6) is -3.36. The molecule has 9 heteroatoms. The van der Waals surface area contributed by atoms with Gasteiger partial charge in [0.15, 0.2) is 5.82 Å². The van der Waals surface area contributed by atoms with Crippen molar-refractivity contribution in [3.8, 4) is 0 Å². The van der Waals surface area contributed by atoms with E-state index in [-0.39, 0.29) is 14.6 Å². The van der Waals surface area contributed by atoms with E-state index in [1.54, 1.807) is 4.72 Å². The smallest absolute Gasteiger partial charge is 0.345 e. The van der Waals surface area contributed by atoms with Gasteiger partial charge in [0.2, 0.25) is 0 Å². The van der Waals surface area contributed by atoms with Gasteiger partial charge in [0.1, 0.15) is 20.6 Å². The number of carboxylic acids is 1. The molecule has 0 amide bonds. The van der Waals surface area contributed by atoms with E-state index < -0.39 is 33.3 Å². The van der Waals surface area contributed by atoms with Crippen LogP contribution in [0.4, 0.5) is 14.5 Å². The Kier molecular flexibility index (Phi) is 3.97. The number of sulfonamides is 1. The van der Waals surface area contributed by atoms with E-state index in [1.165, 1.54) is 13.0 Å². The maximum Gasteiger partial charge on any atom is 0.345 e. The minimum absolute atomic E-state index is 0.0755. The van der Waals surface area contributed by atoms with Gasteiger partial charge in [0.25, 0.3) is 10.0 Å². The van der Waals surface area contributed by atoms with Crippen molar-refractivity contribution in [1.82, 2.24) is 0 Å². The summed E-state index contributed by atoms with van der Waals surface area (Å²) < 4.78 is 52.8. The van der Waals surface area contributed by atoms with Gasteiger partial charge in [-0.3, -0.25) is 4.72 Å². The number of aryl methyl sites for hydroxylation is 1. The first-order chi connectivity index (χ1) is 9.72. The molecule has 1 aromatic carbocycles. The van der Waals surface area contributed by atoms with Gasteiger partial charge in [0.05, 0.1) is 0 Å². The fourth-order valence-electron chi connectivity index (χ4n) is 1.51. The molecule has 21 heavy (non-hydrogen) atoms. The van der Waals surface area contributed by atoms with Crippen LogP contribution in [-0.2, 0) is 10.0 Å². The number of halogens is 2. The number of thiophene rings is 1. The number of rotatable bonds is 4. The van der Waals surface area contributed by atoms with Crippen LogP contribution in [-0.4, -0.2) is 19.5 Å². The molecule has 5 nitrogen and oxygen atoms in total. The van der Waals surface area contributed by atoms with Gasteiger partial charge >= 0.3 is 5.97 Å². The third-order valence-corrected chi connectivity index (χ3v) is 5.49. The first kappa shape index (κ1) is 15.4. The average Bonchev–Trinajstić information content (AvgIpc) is 2.90. The van der Waals surface area contributed by atoms with Gasteiger partial charge in [-0.1, -0.05) is 6.07 Å². The number of hydrogen-bond acceptors (Lipinski definition) is 4. The molecule has 0 bridgehead atoms. The molecule has 0 saturated carbocycles. The highest BCUT2D eigenvalue weighted by molar-refractivity contribution is 7.94. The van der Waals surface area contributed by atoms with E-state index in [9.17, 15) is 22.0 Å². The van der Waals surface area contributed by atoms with Crippen molar-refractivity contribution in [2.45, 2.75) is 11.1 Å². The van der Waals surface area contributed by atoms with Gasteiger partial charge in [0, 0.05) is 0 Å². The average molecular weight is 333 g/mol. The summed E-state index contributed by atoms with van der Waals surface area (Å²) in [6, 6.07) is 4.27. The zero-order valence-electron chi connectivity index (χ0n) is 10.6. The molecular formula is C12H9F2NO4S2. The number of anilines is 1. The molecule has 112 valence electrons. The highest BCUT2D eigenvalue weighted by atomic mass is 32.2.